The summed E-state index contributed by atoms with van der Waals surface area (Å²) in [7, 11) is 1.70. The van der Waals surface area contributed by atoms with Crippen molar-refractivity contribution in [2.45, 2.75) is 26.3 Å². The lowest BCUT2D eigenvalue weighted by Crippen LogP contribution is -2.43. The van der Waals surface area contributed by atoms with E-state index in [1.165, 1.54) is 10.9 Å². The van der Waals surface area contributed by atoms with Gasteiger partial charge in [-0.25, -0.2) is 4.79 Å². The molecule has 1 aromatic rings. The topological polar surface area (TPSA) is 85.0 Å². The second-order valence-electron chi connectivity index (χ2n) is 4.72. The van der Waals surface area contributed by atoms with E-state index < -0.39 is 0 Å². The van der Waals surface area contributed by atoms with Gasteiger partial charge in [-0.1, -0.05) is 12.2 Å². The fraction of sp³-hybridized carbons (Fsp3) is 0.500. The number of rotatable bonds is 2. The molecule has 2 amide bonds. The zero-order valence-corrected chi connectivity index (χ0v) is 11.2. The molecule has 0 saturated carbocycles. The molecule has 17 heavy (non-hydrogen) atoms. The van der Waals surface area contributed by atoms with E-state index >= 15 is 0 Å². The number of nitrogens with zero attached hydrogens (tertiary/aromatic N) is 2. The molecule has 0 aliphatic rings. The summed E-state index contributed by atoms with van der Waals surface area (Å²) in [4.78, 5) is 11.9. The van der Waals surface area contributed by atoms with Gasteiger partial charge < -0.3 is 11.1 Å². The van der Waals surface area contributed by atoms with Gasteiger partial charge in [-0.15, -0.1) is 0 Å². The van der Waals surface area contributed by atoms with E-state index in [-0.39, 0.29) is 16.6 Å². The summed E-state index contributed by atoms with van der Waals surface area (Å²) in [6.45, 7) is 5.68. The van der Waals surface area contributed by atoms with Crippen LogP contribution in [0.1, 0.15) is 26.3 Å². The summed E-state index contributed by atoms with van der Waals surface area (Å²) in [6, 6.07) is -0.321. The van der Waals surface area contributed by atoms with Gasteiger partial charge in [0.15, 0.2) is 0 Å². The fourth-order valence-electron chi connectivity index (χ4n) is 1.25. The first-order valence-electron chi connectivity index (χ1n) is 5.11. The van der Waals surface area contributed by atoms with Crippen LogP contribution >= 0.6 is 12.2 Å². The summed E-state index contributed by atoms with van der Waals surface area (Å²) < 4.78 is 1.51. The number of aromatic nitrogens is 2. The largest absolute Gasteiger partial charge is 0.389 e. The molecule has 0 unspecified atom stereocenters. The number of nitrogens with one attached hydrogen (secondary N) is 2. The van der Waals surface area contributed by atoms with Gasteiger partial charge in [-0.2, -0.15) is 5.10 Å². The number of carbonyl (C=O) groups excluding carboxylic acids is 1. The quantitative estimate of drug-likeness (QED) is 0.688. The minimum atomic E-state index is -0.321. The van der Waals surface area contributed by atoms with Gasteiger partial charge in [0.2, 0.25) is 0 Å². The Labute approximate surface area is 106 Å². The Bertz CT molecular complexity index is 446. The van der Waals surface area contributed by atoms with Gasteiger partial charge in [0.25, 0.3) is 0 Å². The van der Waals surface area contributed by atoms with Gasteiger partial charge >= 0.3 is 6.03 Å². The van der Waals surface area contributed by atoms with Crippen molar-refractivity contribution in [3.8, 4) is 0 Å². The zero-order chi connectivity index (χ0) is 13.2. The molecule has 0 saturated heterocycles. The Morgan fingerprint density at radius 1 is 1.53 bits per heavy atom. The SMILES string of the molecule is Cn1ncc(C(N)=S)c1NC(=O)NC(C)(C)C. The van der Waals surface area contributed by atoms with Crippen LogP contribution in [0.4, 0.5) is 10.6 Å². The van der Waals surface area contributed by atoms with Gasteiger partial charge in [-0.05, 0) is 20.8 Å². The number of urea groups is 1. The van der Waals surface area contributed by atoms with Crippen LogP contribution in [-0.4, -0.2) is 26.3 Å². The maximum atomic E-state index is 11.7. The molecule has 0 aliphatic heterocycles. The van der Waals surface area contributed by atoms with Crippen LogP contribution in [0.15, 0.2) is 6.20 Å². The third-order valence-corrected chi connectivity index (χ3v) is 2.14. The number of hydrogen-bond acceptors (Lipinski definition) is 3. The highest BCUT2D eigenvalue weighted by Gasteiger charge is 2.17. The van der Waals surface area contributed by atoms with Crippen LogP contribution in [0.5, 0.6) is 0 Å². The predicted molar refractivity (Wildman–Crippen MR) is 71.0 cm³/mol. The first kappa shape index (κ1) is 13.4. The molecule has 0 aliphatic carbocycles. The number of anilines is 1. The van der Waals surface area contributed by atoms with Crippen molar-refractivity contribution in [3.05, 3.63) is 11.8 Å². The molecule has 0 aromatic carbocycles. The number of amides is 2. The maximum Gasteiger partial charge on any atom is 0.320 e. The lowest BCUT2D eigenvalue weighted by molar-refractivity contribution is 0.243. The van der Waals surface area contributed by atoms with Gasteiger partial charge in [0.05, 0.1) is 11.8 Å². The normalized spacial score (nSPS) is 11.1. The van der Waals surface area contributed by atoms with E-state index in [0.717, 1.165) is 0 Å². The highest BCUT2D eigenvalue weighted by Crippen LogP contribution is 2.13. The summed E-state index contributed by atoms with van der Waals surface area (Å²) in [6.07, 6.45) is 1.52. The molecule has 94 valence electrons. The Kier molecular flexibility index (Phi) is 3.72. The highest BCUT2D eigenvalue weighted by atomic mass is 32.1. The van der Waals surface area contributed by atoms with E-state index in [1.54, 1.807) is 7.05 Å². The zero-order valence-electron chi connectivity index (χ0n) is 10.4. The average Bonchev–Trinajstić information content (AvgIpc) is 2.44. The molecule has 0 spiro atoms. The van der Waals surface area contributed by atoms with E-state index in [9.17, 15) is 4.79 Å². The standard InChI is InChI=1S/C10H17N5OS/c1-10(2,3)14-9(16)13-8-6(7(11)17)5-12-15(8)4/h5H,1-4H3,(H2,11,17)(H2,13,14,16). The van der Waals surface area contributed by atoms with Crippen LogP contribution in [0.2, 0.25) is 0 Å². The molecular formula is C10H17N5OS. The summed E-state index contributed by atoms with van der Waals surface area (Å²) in [5, 5.41) is 9.45. The van der Waals surface area contributed by atoms with Crippen LogP contribution in [0.3, 0.4) is 0 Å². The van der Waals surface area contributed by atoms with Crippen molar-refractivity contribution in [1.29, 1.82) is 0 Å². The van der Waals surface area contributed by atoms with Gasteiger partial charge in [-0.3, -0.25) is 10.00 Å². The van der Waals surface area contributed by atoms with Gasteiger partial charge in [0, 0.05) is 12.6 Å². The monoisotopic (exact) mass is 255 g/mol. The predicted octanol–water partition coefficient (Wildman–Crippen LogP) is 0.974. The molecule has 1 rings (SSSR count). The van der Waals surface area contributed by atoms with Crippen LogP contribution in [0.25, 0.3) is 0 Å². The van der Waals surface area contributed by atoms with Crippen molar-refractivity contribution in [3.63, 3.8) is 0 Å². The molecule has 0 atom stereocenters. The molecule has 0 bridgehead atoms. The molecule has 0 radical (unpaired) electrons. The smallest absolute Gasteiger partial charge is 0.320 e. The number of carbonyl (C=O) groups is 1. The van der Waals surface area contributed by atoms with Crippen molar-refractivity contribution in [2.75, 3.05) is 5.32 Å². The van der Waals surface area contributed by atoms with Crippen LogP contribution < -0.4 is 16.4 Å². The Morgan fingerprint density at radius 3 is 2.59 bits per heavy atom. The lowest BCUT2D eigenvalue weighted by atomic mass is 10.1. The Hall–Kier alpha value is -1.63. The van der Waals surface area contributed by atoms with Crippen LogP contribution in [-0.2, 0) is 7.05 Å². The number of nitrogens with two attached hydrogens (primary N) is 1. The molecule has 4 N–H and O–H groups in total. The second kappa shape index (κ2) is 4.70. The molecule has 7 heteroatoms. The molecule has 1 heterocycles. The summed E-state index contributed by atoms with van der Waals surface area (Å²) >= 11 is 4.88. The van der Waals surface area contributed by atoms with E-state index in [0.29, 0.717) is 11.4 Å². The highest BCUT2D eigenvalue weighted by molar-refractivity contribution is 7.80. The van der Waals surface area contributed by atoms with Crippen molar-refractivity contribution < 1.29 is 4.79 Å². The lowest BCUT2D eigenvalue weighted by Gasteiger charge is -2.21. The average molecular weight is 255 g/mol. The molecule has 6 nitrogen and oxygen atoms in total. The maximum absolute atomic E-state index is 11.7. The molecule has 0 fully saturated rings. The fourth-order valence-corrected chi connectivity index (χ4v) is 1.39. The third kappa shape index (κ3) is 3.70. The Balaban J connectivity index is 2.85. The van der Waals surface area contributed by atoms with E-state index in [2.05, 4.69) is 15.7 Å². The van der Waals surface area contributed by atoms with Crippen molar-refractivity contribution in [1.82, 2.24) is 15.1 Å². The third-order valence-electron chi connectivity index (χ3n) is 1.92. The minimum absolute atomic E-state index is 0.198. The van der Waals surface area contributed by atoms with Crippen molar-refractivity contribution >= 4 is 29.1 Å². The number of thiocarbonyl (C=S) groups is 1. The summed E-state index contributed by atoms with van der Waals surface area (Å²) in [5.41, 5.74) is 5.77. The first-order valence-corrected chi connectivity index (χ1v) is 5.52. The van der Waals surface area contributed by atoms with Crippen LogP contribution in [0, 0.1) is 0 Å². The minimum Gasteiger partial charge on any atom is -0.389 e. The number of hydrogen-bond donors (Lipinski definition) is 3. The Morgan fingerprint density at radius 2 is 2.12 bits per heavy atom. The first-order chi connectivity index (χ1) is 7.70. The van der Waals surface area contributed by atoms with E-state index in [1.807, 2.05) is 20.8 Å². The molecular weight excluding hydrogens is 238 g/mol. The summed E-state index contributed by atoms with van der Waals surface area (Å²) in [5.74, 6) is 0.485. The molecule has 1 aromatic heterocycles. The van der Waals surface area contributed by atoms with Gasteiger partial charge in [0.1, 0.15) is 10.8 Å². The van der Waals surface area contributed by atoms with Crippen molar-refractivity contribution in [2.24, 2.45) is 12.8 Å². The number of aryl methyl sites for hydroxylation is 1. The van der Waals surface area contributed by atoms with E-state index in [4.69, 9.17) is 18.0 Å². The second-order valence-corrected chi connectivity index (χ2v) is 5.16.